The summed E-state index contributed by atoms with van der Waals surface area (Å²) in [6.07, 6.45) is 0. The van der Waals surface area contributed by atoms with E-state index >= 15 is 0 Å². The fraction of sp³-hybridized carbons (Fsp3) is 0.200. The number of sulfonamides is 1. The number of furan rings is 1. The lowest BCUT2D eigenvalue weighted by Gasteiger charge is -2.05. The monoisotopic (exact) mass is 351 g/mol. The minimum Gasteiger partial charge on any atom is -0.438 e. The lowest BCUT2D eigenvalue weighted by Crippen LogP contribution is -2.11. The van der Waals surface area contributed by atoms with E-state index in [1.165, 1.54) is 24.3 Å². The molecule has 0 radical (unpaired) electrons. The van der Waals surface area contributed by atoms with Gasteiger partial charge in [-0.3, -0.25) is 4.72 Å². The minimum atomic E-state index is -3.95. The van der Waals surface area contributed by atoms with Crippen LogP contribution in [-0.4, -0.2) is 18.6 Å². The van der Waals surface area contributed by atoms with Crippen molar-refractivity contribution >= 4 is 15.7 Å². The number of aromatic nitrogens is 2. The van der Waals surface area contributed by atoms with Crippen molar-refractivity contribution in [1.82, 2.24) is 10.2 Å². The van der Waals surface area contributed by atoms with Crippen LogP contribution in [0.15, 0.2) is 50.3 Å². The number of halogens is 1. The van der Waals surface area contributed by atoms with Crippen molar-refractivity contribution in [2.45, 2.75) is 24.9 Å². The molecule has 0 spiro atoms. The second-order valence-electron chi connectivity index (χ2n) is 5.33. The zero-order valence-corrected chi connectivity index (χ0v) is 13.7. The summed E-state index contributed by atoms with van der Waals surface area (Å²) in [5.41, 5.74) is 0.217. The summed E-state index contributed by atoms with van der Waals surface area (Å²) in [5, 5.41) is 7.38. The number of nitrogens with zero attached hydrogens (tertiary/aromatic N) is 2. The number of rotatable bonds is 5. The zero-order chi connectivity index (χ0) is 17.3. The highest BCUT2D eigenvalue weighted by Crippen LogP contribution is 2.26. The summed E-state index contributed by atoms with van der Waals surface area (Å²) in [7, 11) is -3.95. The first-order chi connectivity index (χ1) is 11.3. The van der Waals surface area contributed by atoms with Crippen molar-refractivity contribution in [1.29, 1.82) is 0 Å². The number of benzene rings is 1. The van der Waals surface area contributed by atoms with Crippen molar-refractivity contribution in [3.05, 3.63) is 48.1 Å². The van der Waals surface area contributed by atoms with E-state index in [1.54, 1.807) is 0 Å². The number of anilines is 1. The summed E-state index contributed by atoms with van der Waals surface area (Å²) < 4.78 is 50.4. The minimum absolute atomic E-state index is 0.0459. The first kappa shape index (κ1) is 16.2. The molecule has 2 heterocycles. The third-order valence-electron chi connectivity index (χ3n) is 3.09. The van der Waals surface area contributed by atoms with Crippen molar-refractivity contribution < 1.29 is 21.6 Å². The molecule has 24 heavy (non-hydrogen) atoms. The zero-order valence-electron chi connectivity index (χ0n) is 12.9. The fourth-order valence-corrected chi connectivity index (χ4v) is 2.86. The van der Waals surface area contributed by atoms with E-state index in [-0.39, 0.29) is 28.3 Å². The average molecular weight is 351 g/mol. The predicted molar refractivity (Wildman–Crippen MR) is 83.3 cm³/mol. The Hall–Kier alpha value is -2.68. The van der Waals surface area contributed by atoms with Crippen LogP contribution in [0.1, 0.15) is 25.7 Å². The van der Waals surface area contributed by atoms with Crippen LogP contribution in [0, 0.1) is 5.82 Å². The van der Waals surface area contributed by atoms with Crippen LogP contribution in [0.2, 0.25) is 0 Å². The standard InChI is InChI=1S/C15H14FN3O4S/c1-9(2)14-17-18-15(23-14)12-7-8-13(22-12)24(20,21)19-11-5-3-10(16)4-6-11/h3-9,19H,1-2H3. The Morgan fingerprint density at radius 3 is 2.38 bits per heavy atom. The summed E-state index contributed by atoms with van der Waals surface area (Å²) in [5.74, 6) is 0.256. The highest BCUT2D eigenvalue weighted by atomic mass is 32.2. The van der Waals surface area contributed by atoms with Crippen molar-refractivity contribution in [3.63, 3.8) is 0 Å². The van der Waals surface area contributed by atoms with Crippen LogP contribution in [0.4, 0.5) is 10.1 Å². The van der Waals surface area contributed by atoms with Crippen molar-refractivity contribution in [3.8, 4) is 11.7 Å². The van der Waals surface area contributed by atoms with Gasteiger partial charge in [0.1, 0.15) is 5.82 Å². The van der Waals surface area contributed by atoms with Crippen LogP contribution in [0.5, 0.6) is 0 Å². The van der Waals surface area contributed by atoms with E-state index in [0.29, 0.717) is 5.89 Å². The van der Waals surface area contributed by atoms with E-state index in [1.807, 2.05) is 13.8 Å². The van der Waals surface area contributed by atoms with Crippen molar-refractivity contribution in [2.24, 2.45) is 0 Å². The van der Waals surface area contributed by atoms with Gasteiger partial charge < -0.3 is 8.83 Å². The molecule has 9 heteroatoms. The van der Waals surface area contributed by atoms with Crippen LogP contribution < -0.4 is 4.72 Å². The molecule has 0 saturated carbocycles. The molecule has 1 aromatic carbocycles. The molecule has 0 aliphatic rings. The van der Waals surface area contributed by atoms with Gasteiger partial charge in [-0.15, -0.1) is 10.2 Å². The highest BCUT2D eigenvalue weighted by Gasteiger charge is 2.22. The maximum Gasteiger partial charge on any atom is 0.295 e. The molecule has 0 aliphatic heterocycles. The predicted octanol–water partition coefficient (Wildman–Crippen LogP) is 3.39. The van der Waals surface area contributed by atoms with Gasteiger partial charge in [-0.2, -0.15) is 8.42 Å². The molecule has 0 bridgehead atoms. The van der Waals surface area contributed by atoms with E-state index in [2.05, 4.69) is 14.9 Å². The normalized spacial score (nSPS) is 11.8. The summed E-state index contributed by atoms with van der Waals surface area (Å²) in [4.78, 5) is 0. The Morgan fingerprint density at radius 1 is 1.04 bits per heavy atom. The van der Waals surface area contributed by atoms with E-state index < -0.39 is 15.8 Å². The summed E-state index contributed by atoms with van der Waals surface area (Å²) in [6, 6.07) is 7.62. The topological polar surface area (TPSA) is 98.2 Å². The Bertz CT molecular complexity index is 945. The Labute approximate surface area is 137 Å². The molecular weight excluding hydrogens is 337 g/mol. The van der Waals surface area contributed by atoms with Crippen LogP contribution >= 0.6 is 0 Å². The molecule has 0 fully saturated rings. The smallest absolute Gasteiger partial charge is 0.295 e. The molecular formula is C15H14FN3O4S. The van der Waals surface area contributed by atoms with E-state index in [4.69, 9.17) is 8.83 Å². The highest BCUT2D eigenvalue weighted by molar-refractivity contribution is 7.92. The van der Waals surface area contributed by atoms with Crippen LogP contribution in [-0.2, 0) is 10.0 Å². The third-order valence-corrected chi connectivity index (χ3v) is 4.34. The average Bonchev–Trinajstić information content (AvgIpc) is 3.18. The van der Waals surface area contributed by atoms with Gasteiger partial charge in [0.2, 0.25) is 11.0 Å². The first-order valence-electron chi connectivity index (χ1n) is 7.07. The second kappa shape index (κ2) is 6.08. The molecule has 1 N–H and O–H groups in total. The lowest BCUT2D eigenvalue weighted by atomic mass is 10.2. The molecule has 0 unspecified atom stereocenters. The van der Waals surface area contributed by atoms with Crippen LogP contribution in [0.3, 0.4) is 0 Å². The lowest BCUT2D eigenvalue weighted by molar-refractivity contribution is 0.429. The van der Waals surface area contributed by atoms with E-state index in [0.717, 1.165) is 12.1 Å². The van der Waals surface area contributed by atoms with Crippen LogP contribution in [0.25, 0.3) is 11.7 Å². The molecule has 126 valence electrons. The molecule has 3 aromatic rings. The third kappa shape index (κ3) is 3.30. The van der Waals surface area contributed by atoms with Gasteiger partial charge in [-0.05, 0) is 36.4 Å². The van der Waals surface area contributed by atoms with Gasteiger partial charge in [-0.25, -0.2) is 4.39 Å². The first-order valence-corrected chi connectivity index (χ1v) is 8.55. The van der Waals surface area contributed by atoms with Gasteiger partial charge in [0.25, 0.3) is 15.9 Å². The van der Waals surface area contributed by atoms with Gasteiger partial charge in [0.05, 0.1) is 0 Å². The molecule has 0 aliphatic carbocycles. The molecule has 0 atom stereocenters. The molecule has 0 saturated heterocycles. The second-order valence-corrected chi connectivity index (χ2v) is 6.94. The molecule has 0 amide bonds. The maximum absolute atomic E-state index is 12.9. The van der Waals surface area contributed by atoms with Gasteiger partial charge in [0.15, 0.2) is 5.76 Å². The quantitative estimate of drug-likeness (QED) is 0.756. The van der Waals surface area contributed by atoms with E-state index in [9.17, 15) is 12.8 Å². The molecule has 7 nitrogen and oxygen atoms in total. The fourth-order valence-electron chi connectivity index (χ4n) is 1.87. The molecule has 3 rings (SSSR count). The Kier molecular flexibility index (Phi) is 4.10. The number of hydrogen-bond donors (Lipinski definition) is 1. The maximum atomic E-state index is 12.9. The van der Waals surface area contributed by atoms with Gasteiger partial charge in [-0.1, -0.05) is 13.8 Å². The SMILES string of the molecule is CC(C)c1nnc(-c2ccc(S(=O)(=O)Nc3ccc(F)cc3)o2)o1. The van der Waals surface area contributed by atoms with Gasteiger partial charge in [0, 0.05) is 11.6 Å². The Balaban J connectivity index is 1.84. The largest absolute Gasteiger partial charge is 0.438 e. The Morgan fingerprint density at radius 2 is 1.75 bits per heavy atom. The van der Waals surface area contributed by atoms with Crippen molar-refractivity contribution in [2.75, 3.05) is 4.72 Å². The summed E-state index contributed by atoms with van der Waals surface area (Å²) in [6.45, 7) is 3.78. The summed E-state index contributed by atoms with van der Waals surface area (Å²) >= 11 is 0. The number of hydrogen-bond acceptors (Lipinski definition) is 6. The van der Waals surface area contributed by atoms with Gasteiger partial charge >= 0.3 is 0 Å². The molecule has 2 aromatic heterocycles. The number of nitrogens with one attached hydrogen (secondary N) is 1.